The van der Waals surface area contributed by atoms with Crippen molar-refractivity contribution in [2.45, 2.75) is 33.1 Å². The number of nitrogens with zero attached hydrogens (tertiary/aromatic N) is 1. The van der Waals surface area contributed by atoms with Gasteiger partial charge in [-0.15, -0.1) is 0 Å². The minimum atomic E-state index is 0.465. The van der Waals surface area contributed by atoms with E-state index in [4.69, 9.17) is 10.3 Å². The lowest BCUT2D eigenvalue weighted by Gasteiger charge is -2.04. The van der Waals surface area contributed by atoms with E-state index < -0.39 is 0 Å². The number of rotatable bonds is 4. The van der Waals surface area contributed by atoms with Crippen LogP contribution in [0.25, 0.3) is 0 Å². The van der Waals surface area contributed by atoms with Crippen molar-refractivity contribution in [2.75, 3.05) is 5.73 Å². The summed E-state index contributed by atoms with van der Waals surface area (Å²) in [4.78, 5) is 0. The second-order valence-electron chi connectivity index (χ2n) is 4.25. The molecule has 17 heavy (non-hydrogen) atoms. The minimum Gasteiger partial charge on any atom is -0.367 e. The summed E-state index contributed by atoms with van der Waals surface area (Å²) in [5.41, 5.74) is 10.4. The van der Waals surface area contributed by atoms with Crippen molar-refractivity contribution >= 4 is 5.88 Å². The van der Waals surface area contributed by atoms with Crippen LogP contribution in [-0.4, -0.2) is 5.16 Å². The normalized spacial score (nSPS) is 10.7. The fourth-order valence-corrected chi connectivity index (χ4v) is 2.08. The fourth-order valence-electron chi connectivity index (χ4n) is 2.08. The smallest absolute Gasteiger partial charge is 0.225 e. The van der Waals surface area contributed by atoms with E-state index >= 15 is 0 Å². The number of anilines is 1. The molecule has 0 aliphatic carbocycles. The van der Waals surface area contributed by atoms with E-state index in [1.807, 2.05) is 0 Å². The molecule has 2 N–H and O–H groups in total. The van der Waals surface area contributed by atoms with Gasteiger partial charge in [-0.2, -0.15) is 0 Å². The Balaban J connectivity index is 2.10. The van der Waals surface area contributed by atoms with E-state index in [1.165, 1.54) is 11.1 Å². The van der Waals surface area contributed by atoms with Gasteiger partial charge in [-0.1, -0.05) is 36.3 Å². The number of benzene rings is 1. The molecule has 0 aliphatic heterocycles. The molecule has 0 bridgehead atoms. The van der Waals surface area contributed by atoms with E-state index in [0.29, 0.717) is 5.88 Å². The van der Waals surface area contributed by atoms with Gasteiger partial charge in [0.15, 0.2) is 0 Å². The van der Waals surface area contributed by atoms with Gasteiger partial charge in [0.1, 0.15) is 0 Å². The molecule has 0 radical (unpaired) electrons. The van der Waals surface area contributed by atoms with Gasteiger partial charge in [-0.3, -0.25) is 0 Å². The summed E-state index contributed by atoms with van der Waals surface area (Å²) in [7, 11) is 0. The molecule has 0 atom stereocenters. The van der Waals surface area contributed by atoms with Gasteiger partial charge in [-0.05, 0) is 37.3 Å². The number of aromatic nitrogens is 1. The number of nitrogens with two attached hydrogens (primary N) is 1. The molecule has 90 valence electrons. The maximum Gasteiger partial charge on any atom is 0.225 e. The third-order valence-corrected chi connectivity index (χ3v) is 3.15. The molecular weight excluding hydrogens is 212 g/mol. The van der Waals surface area contributed by atoms with Crippen LogP contribution in [0, 0.1) is 6.92 Å². The van der Waals surface area contributed by atoms with Crippen LogP contribution in [0.2, 0.25) is 0 Å². The van der Waals surface area contributed by atoms with Crippen molar-refractivity contribution in [3.63, 3.8) is 0 Å². The molecule has 2 aromatic rings. The average Bonchev–Trinajstić information content (AvgIpc) is 2.69. The Morgan fingerprint density at radius 1 is 1.24 bits per heavy atom. The second kappa shape index (κ2) is 5.04. The van der Waals surface area contributed by atoms with E-state index in [0.717, 1.165) is 30.5 Å². The third kappa shape index (κ3) is 2.49. The SMILES string of the molecule is CCc1c(CCc2ccccc2C)noc1N. The second-order valence-corrected chi connectivity index (χ2v) is 4.25. The van der Waals surface area contributed by atoms with Crippen molar-refractivity contribution in [2.24, 2.45) is 0 Å². The van der Waals surface area contributed by atoms with E-state index in [-0.39, 0.29) is 0 Å². The number of nitrogen functional groups attached to an aromatic ring is 1. The monoisotopic (exact) mass is 230 g/mol. The van der Waals surface area contributed by atoms with Gasteiger partial charge in [0.25, 0.3) is 0 Å². The van der Waals surface area contributed by atoms with E-state index in [9.17, 15) is 0 Å². The molecule has 2 rings (SSSR count). The van der Waals surface area contributed by atoms with Crippen molar-refractivity contribution in [3.05, 3.63) is 46.6 Å². The summed E-state index contributed by atoms with van der Waals surface area (Å²) >= 11 is 0. The molecule has 0 aliphatic rings. The quantitative estimate of drug-likeness (QED) is 0.878. The van der Waals surface area contributed by atoms with Crippen molar-refractivity contribution in [1.82, 2.24) is 5.16 Å². The Hall–Kier alpha value is -1.77. The summed E-state index contributed by atoms with van der Waals surface area (Å²) in [6.45, 7) is 4.20. The summed E-state index contributed by atoms with van der Waals surface area (Å²) in [6.07, 6.45) is 2.73. The van der Waals surface area contributed by atoms with Gasteiger partial charge in [0.2, 0.25) is 5.88 Å². The summed E-state index contributed by atoms with van der Waals surface area (Å²) in [6, 6.07) is 8.42. The predicted octanol–water partition coefficient (Wildman–Crippen LogP) is 2.91. The van der Waals surface area contributed by atoms with Gasteiger partial charge in [0, 0.05) is 5.56 Å². The van der Waals surface area contributed by atoms with Crippen molar-refractivity contribution in [1.29, 1.82) is 0 Å². The zero-order chi connectivity index (χ0) is 12.3. The average molecular weight is 230 g/mol. The van der Waals surface area contributed by atoms with Gasteiger partial charge in [0.05, 0.1) is 5.69 Å². The molecule has 1 aromatic heterocycles. The van der Waals surface area contributed by atoms with Crippen LogP contribution in [0.4, 0.5) is 5.88 Å². The molecule has 0 fully saturated rings. The Bertz CT molecular complexity index is 503. The van der Waals surface area contributed by atoms with Crippen LogP contribution in [0.1, 0.15) is 29.3 Å². The van der Waals surface area contributed by atoms with Crippen molar-refractivity contribution in [3.8, 4) is 0 Å². The molecule has 0 unspecified atom stereocenters. The van der Waals surface area contributed by atoms with Gasteiger partial charge >= 0.3 is 0 Å². The first kappa shape index (κ1) is 11.7. The molecule has 0 amide bonds. The zero-order valence-electron chi connectivity index (χ0n) is 10.4. The summed E-state index contributed by atoms with van der Waals surface area (Å²) < 4.78 is 5.03. The highest BCUT2D eigenvalue weighted by Crippen LogP contribution is 2.19. The molecule has 3 nitrogen and oxygen atoms in total. The maximum atomic E-state index is 5.72. The zero-order valence-corrected chi connectivity index (χ0v) is 10.4. The Morgan fingerprint density at radius 2 is 2.00 bits per heavy atom. The first-order valence-corrected chi connectivity index (χ1v) is 5.99. The first-order chi connectivity index (χ1) is 8.22. The van der Waals surface area contributed by atoms with E-state index in [1.54, 1.807) is 0 Å². The lowest BCUT2D eigenvalue weighted by Crippen LogP contribution is -1.98. The standard InChI is InChI=1S/C14H18N2O/c1-3-12-13(16-17-14(12)15)9-8-11-7-5-4-6-10(11)2/h4-7H,3,8-9,15H2,1-2H3. The molecule has 1 heterocycles. The highest BCUT2D eigenvalue weighted by molar-refractivity contribution is 5.39. The molecule has 0 saturated carbocycles. The summed E-state index contributed by atoms with van der Waals surface area (Å²) in [5, 5.41) is 4.03. The molecular formula is C14H18N2O. The highest BCUT2D eigenvalue weighted by Gasteiger charge is 2.11. The number of aryl methyl sites for hydroxylation is 3. The van der Waals surface area contributed by atoms with Gasteiger partial charge < -0.3 is 10.3 Å². The third-order valence-electron chi connectivity index (χ3n) is 3.15. The predicted molar refractivity (Wildman–Crippen MR) is 68.9 cm³/mol. The number of hydrogen-bond donors (Lipinski definition) is 1. The number of hydrogen-bond acceptors (Lipinski definition) is 3. The lowest BCUT2D eigenvalue weighted by molar-refractivity contribution is 0.427. The fraction of sp³-hybridized carbons (Fsp3) is 0.357. The van der Waals surface area contributed by atoms with Crippen LogP contribution < -0.4 is 5.73 Å². The maximum absolute atomic E-state index is 5.72. The van der Waals surface area contributed by atoms with Crippen LogP contribution in [0.3, 0.4) is 0 Å². The Kier molecular flexibility index (Phi) is 3.47. The Morgan fingerprint density at radius 3 is 2.71 bits per heavy atom. The lowest BCUT2D eigenvalue weighted by atomic mass is 10.0. The molecule has 0 saturated heterocycles. The molecule has 0 spiro atoms. The van der Waals surface area contributed by atoms with Crippen LogP contribution in [0.5, 0.6) is 0 Å². The highest BCUT2D eigenvalue weighted by atomic mass is 16.5. The van der Waals surface area contributed by atoms with Crippen LogP contribution in [0.15, 0.2) is 28.8 Å². The van der Waals surface area contributed by atoms with E-state index in [2.05, 4.69) is 43.3 Å². The largest absolute Gasteiger partial charge is 0.367 e. The topological polar surface area (TPSA) is 52.0 Å². The van der Waals surface area contributed by atoms with Gasteiger partial charge in [-0.25, -0.2) is 0 Å². The van der Waals surface area contributed by atoms with Crippen LogP contribution >= 0.6 is 0 Å². The molecule has 1 aromatic carbocycles. The Labute approximate surface area is 102 Å². The molecule has 3 heteroatoms. The first-order valence-electron chi connectivity index (χ1n) is 5.99. The summed E-state index contributed by atoms with van der Waals surface area (Å²) in [5.74, 6) is 0.465. The van der Waals surface area contributed by atoms with Crippen molar-refractivity contribution < 1.29 is 4.52 Å². The minimum absolute atomic E-state index is 0.465. The van der Waals surface area contributed by atoms with Crippen LogP contribution in [-0.2, 0) is 19.3 Å².